The Balaban J connectivity index is 1.06. The van der Waals surface area contributed by atoms with E-state index in [4.69, 9.17) is 0 Å². The fourth-order valence-electron chi connectivity index (χ4n) is 8.78. The lowest BCUT2D eigenvalue weighted by atomic mass is 10.0. The lowest BCUT2D eigenvalue weighted by Gasteiger charge is -2.13. The summed E-state index contributed by atoms with van der Waals surface area (Å²) in [7, 11) is 0. The molecule has 5 heteroatoms. The molecule has 254 valence electrons. The Kier molecular flexibility index (Phi) is 6.61. The van der Waals surface area contributed by atoms with E-state index in [-0.39, 0.29) is 0 Å². The zero-order valence-corrected chi connectivity index (χ0v) is 29.5. The zero-order chi connectivity index (χ0) is 36.6. The molecule has 0 aliphatic rings. The maximum absolute atomic E-state index is 10.6. The Morgan fingerprint density at radius 3 is 1.49 bits per heavy atom. The van der Waals surface area contributed by atoms with Crippen LogP contribution >= 0.6 is 0 Å². The van der Waals surface area contributed by atoms with Crippen LogP contribution in [0.4, 0.5) is 0 Å². The normalized spacial score (nSPS) is 11.6. The molecule has 0 spiro atoms. The van der Waals surface area contributed by atoms with Crippen LogP contribution in [0.1, 0.15) is 11.1 Å². The first-order chi connectivity index (χ1) is 27.2. The van der Waals surface area contributed by atoms with Gasteiger partial charge in [0.15, 0.2) is 0 Å². The van der Waals surface area contributed by atoms with Crippen LogP contribution in [-0.2, 0) is 0 Å². The van der Waals surface area contributed by atoms with Gasteiger partial charge < -0.3 is 13.7 Å². The Hall–Kier alpha value is -7.86. The lowest BCUT2D eigenvalue weighted by Crippen LogP contribution is -1.98. The Morgan fingerprint density at radius 1 is 0.327 bits per heavy atom. The smallest absolute Gasteiger partial charge is 0.101 e. The van der Waals surface area contributed by atoms with Crippen molar-refractivity contribution in [2.45, 2.75) is 0 Å². The summed E-state index contributed by atoms with van der Waals surface area (Å²) in [5.41, 5.74) is 12.6. The van der Waals surface area contributed by atoms with Crippen molar-refractivity contribution in [2.24, 2.45) is 0 Å². The highest BCUT2D eigenvalue weighted by molar-refractivity contribution is 6.13. The number of hydrogen-bond donors (Lipinski definition) is 0. The largest absolute Gasteiger partial charge is 0.309 e. The van der Waals surface area contributed by atoms with Gasteiger partial charge in [0.25, 0.3) is 0 Å². The van der Waals surface area contributed by atoms with E-state index in [0.29, 0.717) is 11.1 Å². The van der Waals surface area contributed by atoms with Gasteiger partial charge in [-0.05, 0) is 90.0 Å². The zero-order valence-electron chi connectivity index (χ0n) is 29.5. The molecule has 3 aromatic heterocycles. The van der Waals surface area contributed by atoms with E-state index < -0.39 is 0 Å². The third kappa shape index (κ3) is 4.45. The summed E-state index contributed by atoms with van der Waals surface area (Å²) in [4.78, 5) is 0. The monoisotopic (exact) mass is 699 g/mol. The van der Waals surface area contributed by atoms with E-state index >= 15 is 0 Å². The van der Waals surface area contributed by atoms with E-state index in [2.05, 4.69) is 147 Å². The van der Waals surface area contributed by atoms with E-state index in [1.807, 2.05) is 54.6 Å². The van der Waals surface area contributed by atoms with Crippen molar-refractivity contribution in [3.8, 4) is 40.3 Å². The topological polar surface area (TPSA) is 62.4 Å². The molecule has 0 aliphatic carbocycles. The number of rotatable bonds is 4. The summed E-state index contributed by atoms with van der Waals surface area (Å²) in [6, 6.07) is 66.0. The number of aromatic nitrogens is 3. The molecular formula is C50H29N5. The maximum Gasteiger partial charge on any atom is 0.101 e. The van der Waals surface area contributed by atoms with Gasteiger partial charge in [-0.2, -0.15) is 10.5 Å². The first kappa shape index (κ1) is 30.7. The molecular weight excluding hydrogens is 671 g/mol. The van der Waals surface area contributed by atoms with Crippen molar-refractivity contribution < 1.29 is 0 Å². The van der Waals surface area contributed by atoms with Crippen LogP contribution in [0.5, 0.6) is 0 Å². The standard InChI is InChI=1S/C50H29N5/c51-30-34-12-10-22-49-50(34)41-17-4-8-21-47(41)55(49)43-25-23-33(27-35(43)31-52)32-11-9-13-36(28-32)53-46-20-7-3-16-40(46)42-29-37(24-26-48(42)53)54-44-18-5-1-14-38(44)39-15-2-6-19-45(39)54/h1-29H. The van der Waals surface area contributed by atoms with Crippen LogP contribution in [0.2, 0.25) is 0 Å². The van der Waals surface area contributed by atoms with Crippen LogP contribution in [0.15, 0.2) is 176 Å². The van der Waals surface area contributed by atoms with E-state index in [0.717, 1.165) is 61.0 Å². The Morgan fingerprint density at radius 2 is 0.836 bits per heavy atom. The van der Waals surface area contributed by atoms with Gasteiger partial charge >= 0.3 is 0 Å². The van der Waals surface area contributed by atoms with Gasteiger partial charge in [-0.3, -0.25) is 0 Å². The molecule has 0 radical (unpaired) electrons. The van der Waals surface area contributed by atoms with Gasteiger partial charge in [-0.25, -0.2) is 0 Å². The second kappa shape index (κ2) is 11.8. The van der Waals surface area contributed by atoms with Gasteiger partial charge in [0.2, 0.25) is 0 Å². The molecule has 0 aliphatic heterocycles. The van der Waals surface area contributed by atoms with Crippen LogP contribution < -0.4 is 0 Å². The minimum atomic E-state index is 0.558. The third-order valence-corrected chi connectivity index (χ3v) is 11.1. The Labute approximate surface area is 316 Å². The number of para-hydroxylation sites is 4. The van der Waals surface area contributed by atoms with Crippen molar-refractivity contribution in [2.75, 3.05) is 0 Å². The summed E-state index contributed by atoms with van der Waals surface area (Å²) in [6.45, 7) is 0. The molecule has 11 rings (SSSR count). The number of hydrogen-bond acceptors (Lipinski definition) is 2. The molecule has 55 heavy (non-hydrogen) atoms. The molecule has 0 N–H and O–H groups in total. The molecule has 0 saturated carbocycles. The molecule has 3 heterocycles. The molecule has 0 fully saturated rings. The third-order valence-electron chi connectivity index (χ3n) is 11.1. The molecule has 0 amide bonds. The molecule has 5 nitrogen and oxygen atoms in total. The maximum atomic E-state index is 10.6. The van der Waals surface area contributed by atoms with Crippen molar-refractivity contribution >= 4 is 65.4 Å². The average Bonchev–Trinajstić information content (AvgIpc) is 3.89. The second-order valence-corrected chi connectivity index (χ2v) is 14.0. The van der Waals surface area contributed by atoms with Gasteiger partial charge in [-0.1, -0.05) is 97.1 Å². The quantitative estimate of drug-likeness (QED) is 0.184. The highest BCUT2D eigenvalue weighted by Gasteiger charge is 2.19. The van der Waals surface area contributed by atoms with Gasteiger partial charge in [0.1, 0.15) is 6.07 Å². The van der Waals surface area contributed by atoms with Crippen molar-refractivity contribution in [3.05, 3.63) is 187 Å². The van der Waals surface area contributed by atoms with Crippen LogP contribution in [-0.4, -0.2) is 13.7 Å². The van der Waals surface area contributed by atoms with Gasteiger partial charge in [-0.15, -0.1) is 0 Å². The summed E-state index contributed by atoms with van der Waals surface area (Å²) in [5.74, 6) is 0. The number of nitriles is 2. The molecule has 0 atom stereocenters. The van der Waals surface area contributed by atoms with Crippen molar-refractivity contribution in [1.29, 1.82) is 10.5 Å². The van der Waals surface area contributed by atoms with Gasteiger partial charge in [0, 0.05) is 43.7 Å². The second-order valence-electron chi connectivity index (χ2n) is 14.0. The van der Waals surface area contributed by atoms with Crippen molar-refractivity contribution in [3.63, 3.8) is 0 Å². The minimum absolute atomic E-state index is 0.558. The summed E-state index contributed by atoms with van der Waals surface area (Å²) in [6.07, 6.45) is 0. The van der Waals surface area contributed by atoms with E-state index in [1.54, 1.807) is 0 Å². The minimum Gasteiger partial charge on any atom is -0.309 e. The van der Waals surface area contributed by atoms with Gasteiger partial charge in [0.05, 0.1) is 56.0 Å². The molecule has 0 saturated heterocycles. The number of nitrogens with zero attached hydrogens (tertiary/aromatic N) is 5. The number of fused-ring (bicyclic) bond motifs is 9. The van der Waals surface area contributed by atoms with Crippen LogP contribution in [0.25, 0.3) is 93.6 Å². The van der Waals surface area contributed by atoms with Crippen LogP contribution in [0.3, 0.4) is 0 Å². The summed E-state index contributed by atoms with van der Waals surface area (Å²) in [5, 5.41) is 27.3. The Bertz CT molecular complexity index is 3420. The van der Waals surface area contributed by atoms with E-state index in [1.165, 1.54) is 32.6 Å². The van der Waals surface area contributed by atoms with Crippen molar-refractivity contribution in [1.82, 2.24) is 13.7 Å². The highest BCUT2D eigenvalue weighted by atomic mass is 15.0. The van der Waals surface area contributed by atoms with Crippen LogP contribution in [0, 0.1) is 22.7 Å². The average molecular weight is 700 g/mol. The van der Waals surface area contributed by atoms with E-state index in [9.17, 15) is 10.5 Å². The first-order valence-electron chi connectivity index (χ1n) is 18.3. The first-order valence-corrected chi connectivity index (χ1v) is 18.3. The predicted molar refractivity (Wildman–Crippen MR) is 224 cm³/mol. The fraction of sp³-hybridized carbons (Fsp3) is 0. The molecule has 8 aromatic carbocycles. The molecule has 0 unspecified atom stereocenters. The fourth-order valence-corrected chi connectivity index (χ4v) is 8.78. The summed E-state index contributed by atoms with van der Waals surface area (Å²) >= 11 is 0. The highest BCUT2D eigenvalue weighted by Crippen LogP contribution is 2.39. The predicted octanol–water partition coefficient (Wildman–Crippen LogP) is 12.4. The molecule has 0 bridgehead atoms. The number of benzene rings is 8. The molecule has 11 aromatic rings. The lowest BCUT2D eigenvalue weighted by molar-refractivity contribution is 1.16. The SMILES string of the molecule is N#Cc1cc(-c2cccc(-n3c4ccccc4c4cc(-n5c6ccccc6c6ccccc65)ccc43)c2)ccc1-n1c2ccccc2c2c(C#N)cccc21. The summed E-state index contributed by atoms with van der Waals surface area (Å²) < 4.78 is 6.82.